The van der Waals surface area contributed by atoms with Crippen molar-refractivity contribution in [2.45, 2.75) is 187 Å². The number of phosphoric acid groups is 1. The Labute approximate surface area is 303 Å². The molecule has 0 fully saturated rings. The summed E-state index contributed by atoms with van der Waals surface area (Å²) in [6.07, 6.45) is 36.6. The molecule has 0 aliphatic rings. The fourth-order valence-corrected chi connectivity index (χ4v) is 6.40. The lowest BCUT2D eigenvalue weighted by Crippen LogP contribution is -2.45. The minimum atomic E-state index is -4.59. The Hall–Kier alpha value is -1.02. The van der Waals surface area contributed by atoms with Crippen LogP contribution in [0.25, 0.3) is 0 Å². The van der Waals surface area contributed by atoms with Crippen molar-refractivity contribution in [3.05, 3.63) is 24.3 Å². The van der Waals surface area contributed by atoms with Crippen LogP contribution < -0.4 is 10.2 Å². The highest BCUT2D eigenvalue weighted by molar-refractivity contribution is 7.45. The third kappa shape index (κ3) is 35.2. The topological polar surface area (TPSA) is 108 Å². The Balaban J connectivity index is 4.48. The summed E-state index contributed by atoms with van der Waals surface area (Å²) in [4.78, 5) is 25.2. The number of rotatable bonds is 36. The number of phosphoric ester groups is 1. The van der Waals surface area contributed by atoms with Crippen molar-refractivity contribution in [3.63, 3.8) is 0 Å². The van der Waals surface area contributed by atoms with Crippen molar-refractivity contribution >= 4 is 13.7 Å². The highest BCUT2D eigenvalue weighted by Crippen LogP contribution is 2.38. The van der Waals surface area contributed by atoms with Crippen LogP contribution in [0.1, 0.15) is 174 Å². The smallest absolute Gasteiger partial charge is 0.268 e. The Morgan fingerprint density at radius 3 is 1.63 bits per heavy atom. The Morgan fingerprint density at radius 2 is 1.16 bits per heavy atom. The number of hydrogen-bond donors (Lipinski definition) is 2. The van der Waals surface area contributed by atoms with Crippen LogP contribution in [0.2, 0.25) is 0 Å². The maximum atomic E-state index is 12.8. The second kappa shape index (κ2) is 32.9. The molecular weight excluding hydrogens is 635 g/mol. The lowest BCUT2D eigenvalue weighted by atomic mass is 10.0. The lowest BCUT2D eigenvalue weighted by molar-refractivity contribution is -0.870. The van der Waals surface area contributed by atoms with Crippen molar-refractivity contribution in [1.82, 2.24) is 5.32 Å². The largest absolute Gasteiger partial charge is 0.756 e. The van der Waals surface area contributed by atoms with Gasteiger partial charge in [-0.3, -0.25) is 9.36 Å². The maximum Gasteiger partial charge on any atom is 0.268 e. The van der Waals surface area contributed by atoms with Crippen LogP contribution in [0.15, 0.2) is 24.3 Å². The van der Waals surface area contributed by atoms with Crippen LogP contribution >= 0.6 is 7.82 Å². The van der Waals surface area contributed by atoms with Crippen LogP contribution in [0.3, 0.4) is 0 Å². The first-order valence-corrected chi connectivity index (χ1v) is 21.7. The number of nitrogens with zero attached hydrogens (tertiary/aromatic N) is 1. The number of unbranched alkanes of at least 4 members (excludes halogenated alkanes) is 22. The minimum absolute atomic E-state index is 0.00739. The standard InChI is InChI=1S/C40H79N2O6P/c1-6-8-10-12-14-16-18-19-20-21-22-24-26-28-30-32-34-40(44)41-38(37-48-49(45,46)47-36-35-42(3,4)5)39(43)33-31-29-27-25-23-17-15-13-11-9-7-2/h27,29,31,33,38-39,43H,6-26,28,30,32,34-37H2,1-5H3,(H-,41,44,45,46)/b29-27+,33-31+/t38-,39+/m0/s1. The monoisotopic (exact) mass is 715 g/mol. The van der Waals surface area contributed by atoms with Crippen molar-refractivity contribution in [2.24, 2.45) is 0 Å². The van der Waals surface area contributed by atoms with Gasteiger partial charge in [-0.25, -0.2) is 0 Å². The maximum absolute atomic E-state index is 12.8. The summed E-state index contributed by atoms with van der Waals surface area (Å²) in [5.41, 5.74) is 0. The van der Waals surface area contributed by atoms with E-state index in [0.29, 0.717) is 17.4 Å². The van der Waals surface area contributed by atoms with E-state index in [4.69, 9.17) is 9.05 Å². The van der Waals surface area contributed by atoms with Gasteiger partial charge in [0.15, 0.2) is 0 Å². The quantitative estimate of drug-likeness (QED) is 0.0290. The molecular formula is C40H79N2O6P. The highest BCUT2D eigenvalue weighted by Gasteiger charge is 2.23. The first kappa shape index (κ1) is 48.0. The van der Waals surface area contributed by atoms with E-state index < -0.39 is 26.6 Å². The second-order valence-electron chi connectivity index (χ2n) is 15.0. The summed E-state index contributed by atoms with van der Waals surface area (Å²) in [6, 6.07) is -0.911. The third-order valence-corrected chi connectivity index (χ3v) is 9.93. The molecule has 0 aromatic carbocycles. The highest BCUT2D eigenvalue weighted by atomic mass is 31.2. The molecule has 3 atom stereocenters. The first-order chi connectivity index (χ1) is 23.5. The van der Waals surface area contributed by atoms with Crippen molar-refractivity contribution < 1.29 is 32.9 Å². The van der Waals surface area contributed by atoms with E-state index in [-0.39, 0.29) is 12.5 Å². The van der Waals surface area contributed by atoms with Crippen LogP contribution in [-0.4, -0.2) is 68.5 Å². The Morgan fingerprint density at radius 1 is 0.714 bits per heavy atom. The number of aliphatic hydroxyl groups excluding tert-OH is 1. The van der Waals surface area contributed by atoms with Gasteiger partial charge in [0.05, 0.1) is 39.9 Å². The van der Waals surface area contributed by atoms with Crippen LogP contribution in [0.4, 0.5) is 0 Å². The summed E-state index contributed by atoms with van der Waals surface area (Å²) in [5, 5.41) is 13.6. The summed E-state index contributed by atoms with van der Waals surface area (Å²) in [5.74, 6) is -0.215. The predicted octanol–water partition coefficient (Wildman–Crippen LogP) is 9.94. The number of amides is 1. The fraction of sp³-hybridized carbons (Fsp3) is 0.875. The van der Waals surface area contributed by atoms with Gasteiger partial charge in [-0.05, 0) is 19.3 Å². The molecule has 49 heavy (non-hydrogen) atoms. The number of carbonyl (C=O) groups is 1. The summed E-state index contributed by atoms with van der Waals surface area (Å²) in [7, 11) is 1.24. The first-order valence-electron chi connectivity index (χ1n) is 20.2. The SMILES string of the molecule is CCCCCCCCC/C=C/C=C/[C@@H](O)[C@H](COP(=O)([O-])OCC[N+](C)(C)C)NC(=O)CCCCCCCCCCCCCCCCCC. The second-order valence-corrected chi connectivity index (χ2v) is 16.4. The van der Waals surface area contributed by atoms with Crippen molar-refractivity contribution in [3.8, 4) is 0 Å². The zero-order valence-corrected chi connectivity index (χ0v) is 33.5. The van der Waals surface area contributed by atoms with E-state index in [0.717, 1.165) is 32.1 Å². The van der Waals surface area contributed by atoms with Gasteiger partial charge in [-0.2, -0.15) is 0 Å². The number of likely N-dealkylation sites (N-methyl/N-ethyl adjacent to an activating group) is 1. The van der Waals surface area contributed by atoms with Gasteiger partial charge < -0.3 is 28.8 Å². The lowest BCUT2D eigenvalue weighted by Gasteiger charge is -2.29. The van der Waals surface area contributed by atoms with Gasteiger partial charge in [-0.15, -0.1) is 0 Å². The van der Waals surface area contributed by atoms with Gasteiger partial charge in [-0.1, -0.05) is 173 Å². The van der Waals surface area contributed by atoms with E-state index in [1.54, 1.807) is 12.2 Å². The van der Waals surface area contributed by atoms with Crippen molar-refractivity contribution in [1.29, 1.82) is 0 Å². The predicted molar refractivity (Wildman–Crippen MR) is 205 cm³/mol. The molecule has 0 radical (unpaired) electrons. The number of aliphatic hydroxyl groups is 1. The summed E-state index contributed by atoms with van der Waals surface area (Å²) < 4.78 is 23.1. The molecule has 2 N–H and O–H groups in total. The van der Waals surface area contributed by atoms with Crippen LogP contribution in [-0.2, 0) is 18.4 Å². The van der Waals surface area contributed by atoms with Crippen LogP contribution in [0, 0.1) is 0 Å². The molecule has 0 spiro atoms. The van der Waals surface area contributed by atoms with E-state index in [1.165, 1.54) is 122 Å². The number of quaternary nitrogens is 1. The average Bonchev–Trinajstić information content (AvgIpc) is 3.04. The van der Waals surface area contributed by atoms with Gasteiger partial charge >= 0.3 is 0 Å². The zero-order valence-electron chi connectivity index (χ0n) is 32.6. The number of carbonyl (C=O) groups excluding carboxylic acids is 1. The molecule has 1 amide bonds. The molecule has 0 saturated carbocycles. The number of hydrogen-bond acceptors (Lipinski definition) is 6. The van der Waals surface area contributed by atoms with E-state index in [2.05, 4.69) is 25.2 Å². The molecule has 290 valence electrons. The molecule has 0 aromatic heterocycles. The van der Waals surface area contributed by atoms with Gasteiger partial charge in [0, 0.05) is 6.42 Å². The van der Waals surface area contributed by atoms with Gasteiger partial charge in [0.2, 0.25) is 5.91 Å². The summed E-state index contributed by atoms with van der Waals surface area (Å²) in [6.45, 7) is 4.58. The van der Waals surface area contributed by atoms with Gasteiger partial charge in [0.1, 0.15) is 13.2 Å². The van der Waals surface area contributed by atoms with E-state index >= 15 is 0 Å². The van der Waals surface area contributed by atoms with Gasteiger partial charge in [0.25, 0.3) is 7.82 Å². The molecule has 1 unspecified atom stereocenters. The van der Waals surface area contributed by atoms with E-state index in [9.17, 15) is 19.4 Å². The molecule has 9 heteroatoms. The minimum Gasteiger partial charge on any atom is -0.756 e. The average molecular weight is 715 g/mol. The van der Waals surface area contributed by atoms with Crippen LogP contribution in [0.5, 0.6) is 0 Å². The molecule has 0 aromatic rings. The fourth-order valence-electron chi connectivity index (χ4n) is 5.68. The normalized spacial score (nSPS) is 14.8. The zero-order chi connectivity index (χ0) is 36.5. The molecule has 0 rings (SSSR count). The third-order valence-electron chi connectivity index (χ3n) is 8.97. The molecule has 0 heterocycles. The molecule has 0 bridgehead atoms. The molecule has 0 aliphatic heterocycles. The van der Waals surface area contributed by atoms with Crippen molar-refractivity contribution in [2.75, 3.05) is 40.9 Å². The number of nitrogens with one attached hydrogen (secondary N) is 1. The summed E-state index contributed by atoms with van der Waals surface area (Å²) >= 11 is 0. The Bertz CT molecular complexity index is 860. The molecule has 0 aliphatic carbocycles. The van der Waals surface area contributed by atoms with E-state index in [1.807, 2.05) is 27.2 Å². The molecule has 0 saturated heterocycles. The number of allylic oxidation sites excluding steroid dienone is 3. The Kier molecular flexibility index (Phi) is 32.2. The molecule has 8 nitrogen and oxygen atoms in total.